The lowest BCUT2D eigenvalue weighted by Crippen LogP contribution is -2.29. The molecule has 0 fully saturated rings. The van der Waals surface area contributed by atoms with Crippen molar-refractivity contribution in [1.82, 2.24) is 0 Å². The SMILES string of the molecule is Cc1ccc(-c2ccc(-c3cc(F)c(C(F)(F)Oc4cc(F)c(C(F)(F)Oc5ccc(C(F)(F)OC(F)(F)F)c(F)c5)c(F)c4)c(F)c3)cc2)cc1. The Balaban J connectivity index is 1.35. The lowest BCUT2D eigenvalue weighted by atomic mass is 9.98. The van der Waals surface area contributed by atoms with Gasteiger partial charge in [-0.3, -0.25) is 0 Å². The third-order valence-corrected chi connectivity index (χ3v) is 7.23. The van der Waals surface area contributed by atoms with Crippen LogP contribution in [0.25, 0.3) is 22.3 Å². The maximum Gasteiger partial charge on any atom is 0.527 e. The van der Waals surface area contributed by atoms with Crippen LogP contribution in [0.1, 0.15) is 22.3 Å². The van der Waals surface area contributed by atoms with Gasteiger partial charge in [0.15, 0.2) is 0 Å². The van der Waals surface area contributed by atoms with Crippen LogP contribution >= 0.6 is 0 Å². The molecule has 0 saturated heterocycles. The van der Waals surface area contributed by atoms with E-state index in [4.69, 9.17) is 0 Å². The maximum absolute atomic E-state index is 15.0. The van der Waals surface area contributed by atoms with Crippen LogP contribution in [-0.4, -0.2) is 6.36 Å². The Bertz CT molecular complexity index is 2050. The van der Waals surface area contributed by atoms with Crippen LogP contribution in [0.4, 0.5) is 61.5 Å². The van der Waals surface area contributed by atoms with Crippen LogP contribution in [0.5, 0.6) is 11.5 Å². The largest absolute Gasteiger partial charge is 0.527 e. The Morgan fingerprint density at radius 3 is 1.23 bits per heavy atom. The Labute approximate surface area is 283 Å². The summed E-state index contributed by atoms with van der Waals surface area (Å²) >= 11 is 0. The van der Waals surface area contributed by atoms with Crippen LogP contribution in [0, 0.1) is 36.0 Å². The van der Waals surface area contributed by atoms with Crippen molar-refractivity contribution in [2.24, 2.45) is 0 Å². The summed E-state index contributed by atoms with van der Waals surface area (Å²) in [6.45, 7) is 1.89. The minimum absolute atomic E-state index is 0.0859. The summed E-state index contributed by atoms with van der Waals surface area (Å²) in [7, 11) is 0. The normalized spacial score (nSPS) is 12.6. The minimum Gasteiger partial charge on any atom is -0.429 e. The number of ether oxygens (including phenoxy) is 3. The second kappa shape index (κ2) is 13.7. The van der Waals surface area contributed by atoms with E-state index in [1.54, 1.807) is 12.1 Å². The van der Waals surface area contributed by atoms with Gasteiger partial charge in [0.2, 0.25) is 0 Å². The summed E-state index contributed by atoms with van der Waals surface area (Å²) in [4.78, 5) is 0. The van der Waals surface area contributed by atoms with Gasteiger partial charge in [-0.2, -0.15) is 26.3 Å². The number of alkyl halides is 9. The lowest BCUT2D eigenvalue weighted by Gasteiger charge is -2.23. The number of aryl methyl sites for hydroxylation is 1. The zero-order valence-electron chi connectivity index (χ0n) is 25.7. The molecule has 5 rings (SSSR count). The van der Waals surface area contributed by atoms with Gasteiger partial charge in [0.25, 0.3) is 0 Å². The van der Waals surface area contributed by atoms with Gasteiger partial charge < -0.3 is 9.47 Å². The van der Waals surface area contributed by atoms with Crippen molar-refractivity contribution >= 4 is 0 Å². The highest BCUT2D eigenvalue weighted by molar-refractivity contribution is 5.71. The molecule has 0 atom stereocenters. The van der Waals surface area contributed by atoms with E-state index in [0.29, 0.717) is 12.1 Å². The number of halogens is 14. The first kappa shape index (κ1) is 37.9. The van der Waals surface area contributed by atoms with Crippen molar-refractivity contribution in [1.29, 1.82) is 0 Å². The molecule has 0 N–H and O–H groups in total. The van der Waals surface area contributed by atoms with Crippen LogP contribution in [-0.2, 0) is 23.1 Å². The van der Waals surface area contributed by atoms with Crippen molar-refractivity contribution < 1.29 is 75.7 Å². The average molecular weight is 752 g/mol. The average Bonchev–Trinajstić information content (AvgIpc) is 2.98. The molecule has 17 heteroatoms. The lowest BCUT2D eigenvalue weighted by molar-refractivity contribution is -0.432. The van der Waals surface area contributed by atoms with Gasteiger partial charge in [-0.1, -0.05) is 54.1 Å². The first-order chi connectivity index (χ1) is 24.1. The number of benzene rings is 5. The maximum atomic E-state index is 15.0. The molecule has 52 heavy (non-hydrogen) atoms. The van der Waals surface area contributed by atoms with Crippen LogP contribution in [0.3, 0.4) is 0 Å². The van der Waals surface area contributed by atoms with E-state index in [2.05, 4.69) is 14.2 Å². The van der Waals surface area contributed by atoms with Crippen molar-refractivity contribution in [2.75, 3.05) is 0 Å². The molecule has 5 aromatic carbocycles. The highest BCUT2D eigenvalue weighted by atomic mass is 19.4. The molecule has 0 aliphatic heterocycles. The Morgan fingerprint density at radius 1 is 0.404 bits per heavy atom. The molecule has 0 bridgehead atoms. The van der Waals surface area contributed by atoms with E-state index < -0.39 is 82.0 Å². The van der Waals surface area contributed by atoms with E-state index in [9.17, 15) is 52.7 Å². The van der Waals surface area contributed by atoms with Crippen LogP contribution < -0.4 is 9.47 Å². The molecule has 0 saturated carbocycles. The first-order valence-corrected chi connectivity index (χ1v) is 14.3. The summed E-state index contributed by atoms with van der Waals surface area (Å²) in [6.07, 6.45) is -21.4. The summed E-state index contributed by atoms with van der Waals surface area (Å²) < 4.78 is 208. The van der Waals surface area contributed by atoms with Crippen LogP contribution in [0.15, 0.2) is 91.0 Å². The fraction of sp³-hybridized carbons (Fsp3) is 0.143. The fourth-order valence-electron chi connectivity index (χ4n) is 4.90. The fourth-order valence-corrected chi connectivity index (χ4v) is 4.90. The van der Waals surface area contributed by atoms with E-state index in [-0.39, 0.29) is 41.5 Å². The van der Waals surface area contributed by atoms with Gasteiger partial charge in [-0.05, 0) is 53.4 Å². The molecule has 0 radical (unpaired) electrons. The Morgan fingerprint density at radius 2 is 0.788 bits per heavy atom. The quantitative estimate of drug-likeness (QED) is 0.133. The van der Waals surface area contributed by atoms with E-state index in [1.165, 1.54) is 12.1 Å². The topological polar surface area (TPSA) is 27.7 Å². The summed E-state index contributed by atoms with van der Waals surface area (Å²) in [5.41, 5.74) is -3.76. The van der Waals surface area contributed by atoms with Gasteiger partial charge in [0.05, 0.1) is 5.56 Å². The van der Waals surface area contributed by atoms with Crippen molar-refractivity contribution in [2.45, 2.75) is 31.6 Å². The smallest absolute Gasteiger partial charge is 0.429 e. The third-order valence-electron chi connectivity index (χ3n) is 7.23. The van der Waals surface area contributed by atoms with Crippen LogP contribution in [0.2, 0.25) is 0 Å². The van der Waals surface area contributed by atoms with Crippen molar-refractivity contribution in [3.63, 3.8) is 0 Å². The molecule has 0 aromatic heterocycles. The predicted octanol–water partition coefficient (Wildman–Crippen LogP) is 11.9. The zero-order chi connectivity index (χ0) is 38.4. The molecule has 0 amide bonds. The van der Waals surface area contributed by atoms with Gasteiger partial charge in [0, 0.05) is 18.2 Å². The minimum atomic E-state index is -5.95. The van der Waals surface area contributed by atoms with E-state index in [1.807, 2.05) is 31.2 Å². The number of rotatable bonds is 10. The second-order valence-corrected chi connectivity index (χ2v) is 11.0. The second-order valence-electron chi connectivity index (χ2n) is 11.0. The molecule has 0 spiro atoms. The van der Waals surface area contributed by atoms with Gasteiger partial charge >= 0.3 is 24.7 Å². The summed E-state index contributed by atoms with van der Waals surface area (Å²) in [5.74, 6) is -13.6. The van der Waals surface area contributed by atoms with Crippen molar-refractivity contribution in [3.8, 4) is 33.8 Å². The highest BCUT2D eigenvalue weighted by Gasteiger charge is 2.48. The molecule has 3 nitrogen and oxygen atoms in total. The molecule has 0 unspecified atom stereocenters. The highest BCUT2D eigenvalue weighted by Crippen LogP contribution is 2.42. The molecule has 0 aliphatic rings. The molecule has 0 aliphatic carbocycles. The van der Waals surface area contributed by atoms with Gasteiger partial charge in [-0.25, -0.2) is 26.7 Å². The zero-order valence-corrected chi connectivity index (χ0v) is 25.7. The number of hydrogen-bond donors (Lipinski definition) is 0. The number of hydrogen-bond acceptors (Lipinski definition) is 3. The van der Waals surface area contributed by atoms with E-state index in [0.717, 1.165) is 16.7 Å². The van der Waals surface area contributed by atoms with E-state index >= 15 is 8.78 Å². The molecular formula is C35H18F14O3. The van der Waals surface area contributed by atoms with Crippen molar-refractivity contribution in [3.05, 3.63) is 142 Å². The molecular weight excluding hydrogens is 734 g/mol. The summed E-state index contributed by atoms with van der Waals surface area (Å²) in [5, 5.41) is 0. The predicted molar refractivity (Wildman–Crippen MR) is 155 cm³/mol. The molecule has 274 valence electrons. The summed E-state index contributed by atoms with van der Waals surface area (Å²) in [6, 6.07) is 13.9. The molecule has 5 aromatic rings. The third kappa shape index (κ3) is 8.25. The van der Waals surface area contributed by atoms with Gasteiger partial charge in [-0.15, -0.1) is 13.2 Å². The monoisotopic (exact) mass is 752 g/mol. The first-order valence-electron chi connectivity index (χ1n) is 14.3. The van der Waals surface area contributed by atoms with Gasteiger partial charge in [0.1, 0.15) is 51.7 Å². The molecule has 0 heterocycles. The Kier molecular flexibility index (Phi) is 9.97. The standard InChI is InChI=1S/C35H18F14O3/c1-17-2-4-18(5-3-17)19-6-8-20(9-7-19)21-12-26(37)30(27(38)13-21)34(45,46)51-23-15-28(39)31(29(40)16-23)33(43,44)50-22-10-11-24(25(36)14-22)32(41,42)52-35(47,48)49/h2-16H,1H3. The Hall–Kier alpha value is -5.32.